The summed E-state index contributed by atoms with van der Waals surface area (Å²) in [5, 5.41) is 0. The van der Waals surface area contributed by atoms with Crippen molar-refractivity contribution in [2.24, 2.45) is 0 Å². The van der Waals surface area contributed by atoms with Crippen molar-refractivity contribution >= 4 is 15.9 Å². The van der Waals surface area contributed by atoms with Gasteiger partial charge >= 0.3 is 6.18 Å². The summed E-state index contributed by atoms with van der Waals surface area (Å²) in [6.45, 7) is -1.77. The van der Waals surface area contributed by atoms with E-state index < -0.39 is 40.6 Å². The largest absolute Gasteiger partial charge is 0.411 e. The minimum absolute atomic E-state index is 0.0877. The van der Waals surface area contributed by atoms with Crippen molar-refractivity contribution in [2.45, 2.75) is 17.4 Å². The van der Waals surface area contributed by atoms with E-state index in [1.54, 1.807) is 0 Å². The molecule has 0 spiro atoms. The van der Waals surface area contributed by atoms with E-state index in [1.807, 2.05) is 0 Å². The second kappa shape index (κ2) is 6.60. The molecule has 0 N–H and O–H groups in total. The highest BCUT2D eigenvalue weighted by Crippen LogP contribution is 2.31. The Kier molecular flexibility index (Phi) is 5.66. The van der Waals surface area contributed by atoms with E-state index in [-0.39, 0.29) is 13.0 Å². The highest BCUT2D eigenvalue weighted by Gasteiger charge is 2.27. The molecule has 1 aromatic rings. The van der Waals surface area contributed by atoms with Crippen molar-refractivity contribution in [2.75, 3.05) is 13.2 Å². The summed E-state index contributed by atoms with van der Waals surface area (Å²) in [7, 11) is 0. The Hall–Kier alpha value is -0.760. The summed E-state index contributed by atoms with van der Waals surface area (Å²) in [5.74, 6) is -3.27. The number of hydrogen-bond donors (Lipinski definition) is 0. The van der Waals surface area contributed by atoms with Gasteiger partial charge in [-0.1, -0.05) is 15.9 Å². The molecule has 19 heavy (non-hydrogen) atoms. The average Bonchev–Trinajstić information content (AvgIpc) is 2.21. The molecular formula is C11H9BrF6O. The maximum absolute atomic E-state index is 13.3. The highest BCUT2D eigenvalue weighted by molar-refractivity contribution is 9.09. The lowest BCUT2D eigenvalue weighted by molar-refractivity contribution is -0.174. The molecule has 1 atom stereocenters. The molecule has 1 nitrogen and oxygen atoms in total. The third-order valence-electron chi connectivity index (χ3n) is 2.14. The Morgan fingerprint density at radius 3 is 2.11 bits per heavy atom. The summed E-state index contributed by atoms with van der Waals surface area (Å²) in [6, 6.07) is 1.01. The van der Waals surface area contributed by atoms with Crippen LogP contribution in [0.15, 0.2) is 12.1 Å². The number of halogens is 7. The molecule has 0 aromatic heterocycles. The van der Waals surface area contributed by atoms with Crippen LogP contribution in [0.3, 0.4) is 0 Å². The maximum atomic E-state index is 13.3. The van der Waals surface area contributed by atoms with Gasteiger partial charge in [0.25, 0.3) is 0 Å². The van der Waals surface area contributed by atoms with Crippen molar-refractivity contribution in [1.82, 2.24) is 0 Å². The van der Waals surface area contributed by atoms with Gasteiger partial charge < -0.3 is 4.74 Å². The Labute approximate surface area is 113 Å². The zero-order chi connectivity index (χ0) is 14.6. The first-order valence-electron chi connectivity index (χ1n) is 5.13. The first-order chi connectivity index (χ1) is 8.70. The van der Waals surface area contributed by atoms with E-state index in [0.717, 1.165) is 0 Å². The lowest BCUT2D eigenvalue weighted by Crippen LogP contribution is -2.17. The minimum atomic E-state index is -4.45. The van der Waals surface area contributed by atoms with Crippen LogP contribution >= 0.6 is 15.9 Å². The minimum Gasteiger partial charge on any atom is -0.372 e. The topological polar surface area (TPSA) is 9.23 Å². The van der Waals surface area contributed by atoms with Crippen molar-refractivity contribution < 1.29 is 31.1 Å². The van der Waals surface area contributed by atoms with Gasteiger partial charge in [-0.05, 0) is 6.42 Å². The summed E-state index contributed by atoms with van der Waals surface area (Å²) < 4.78 is 79.0. The van der Waals surface area contributed by atoms with E-state index in [1.165, 1.54) is 0 Å². The lowest BCUT2D eigenvalue weighted by Gasteiger charge is -2.13. The van der Waals surface area contributed by atoms with Crippen molar-refractivity contribution in [3.63, 3.8) is 0 Å². The molecule has 0 aliphatic rings. The molecule has 1 aromatic carbocycles. The van der Waals surface area contributed by atoms with E-state index in [9.17, 15) is 26.3 Å². The second-order valence-corrected chi connectivity index (χ2v) is 4.81. The molecule has 0 fully saturated rings. The third kappa shape index (κ3) is 5.40. The second-order valence-electron chi connectivity index (χ2n) is 3.71. The highest BCUT2D eigenvalue weighted by atomic mass is 79.9. The first kappa shape index (κ1) is 16.3. The Balaban J connectivity index is 2.57. The van der Waals surface area contributed by atoms with E-state index >= 15 is 0 Å². The average molecular weight is 351 g/mol. The molecule has 108 valence electrons. The summed E-state index contributed by atoms with van der Waals surface area (Å²) in [4.78, 5) is -0.902. The SMILES string of the molecule is Fc1cc(F)c(C(Br)CCOCC(F)(F)F)c(F)c1. The van der Waals surface area contributed by atoms with Crippen LogP contribution in [-0.2, 0) is 4.74 Å². The van der Waals surface area contributed by atoms with Crippen LogP contribution in [0.1, 0.15) is 16.8 Å². The van der Waals surface area contributed by atoms with Crippen molar-refractivity contribution in [1.29, 1.82) is 0 Å². The van der Waals surface area contributed by atoms with Gasteiger partial charge in [-0.15, -0.1) is 0 Å². The van der Waals surface area contributed by atoms with Gasteiger partial charge in [-0.25, -0.2) is 13.2 Å². The first-order valence-corrected chi connectivity index (χ1v) is 6.05. The zero-order valence-corrected chi connectivity index (χ0v) is 11.0. The predicted molar refractivity (Wildman–Crippen MR) is 59.5 cm³/mol. The fraction of sp³-hybridized carbons (Fsp3) is 0.455. The van der Waals surface area contributed by atoms with Crippen LogP contribution in [0, 0.1) is 17.5 Å². The van der Waals surface area contributed by atoms with Gasteiger partial charge in [0.05, 0.1) is 0 Å². The molecule has 0 radical (unpaired) electrons. The van der Waals surface area contributed by atoms with Gasteiger partial charge in [-0.3, -0.25) is 0 Å². The number of benzene rings is 1. The monoisotopic (exact) mass is 350 g/mol. The summed E-state index contributed by atoms with van der Waals surface area (Å²) in [5.41, 5.74) is -0.433. The molecule has 0 heterocycles. The smallest absolute Gasteiger partial charge is 0.372 e. The molecule has 8 heteroatoms. The van der Waals surface area contributed by atoms with Gasteiger partial charge in [0.15, 0.2) is 0 Å². The zero-order valence-electron chi connectivity index (χ0n) is 9.41. The normalized spacial score (nSPS) is 13.6. The lowest BCUT2D eigenvalue weighted by atomic mass is 10.1. The molecule has 0 aliphatic carbocycles. The van der Waals surface area contributed by atoms with Crippen LogP contribution in [0.5, 0.6) is 0 Å². The number of hydrogen-bond acceptors (Lipinski definition) is 1. The molecule has 0 aliphatic heterocycles. The van der Waals surface area contributed by atoms with Gasteiger partial charge in [0, 0.05) is 29.1 Å². The van der Waals surface area contributed by atoms with Crippen LogP contribution in [0.4, 0.5) is 26.3 Å². The molecule has 1 unspecified atom stereocenters. The van der Waals surface area contributed by atoms with Gasteiger partial charge in [-0.2, -0.15) is 13.2 Å². The standard InChI is InChI=1S/C11H9BrF6O/c12-7(1-2-19-5-11(16,17)18)10-8(14)3-6(13)4-9(10)15/h3-4,7H,1-2,5H2. The molecule has 0 bridgehead atoms. The van der Waals surface area contributed by atoms with Crippen LogP contribution < -0.4 is 0 Å². The Morgan fingerprint density at radius 2 is 1.63 bits per heavy atom. The van der Waals surface area contributed by atoms with E-state index in [2.05, 4.69) is 20.7 Å². The molecular weight excluding hydrogens is 342 g/mol. The fourth-order valence-corrected chi connectivity index (χ4v) is 2.00. The van der Waals surface area contributed by atoms with Crippen molar-refractivity contribution in [3.8, 4) is 0 Å². The third-order valence-corrected chi connectivity index (χ3v) is 3.05. The van der Waals surface area contributed by atoms with Crippen LogP contribution in [0.2, 0.25) is 0 Å². The van der Waals surface area contributed by atoms with Crippen LogP contribution in [-0.4, -0.2) is 19.4 Å². The number of ether oxygens (including phenoxy) is 1. The predicted octanol–water partition coefficient (Wildman–Crippen LogP) is 4.51. The van der Waals surface area contributed by atoms with Crippen molar-refractivity contribution in [3.05, 3.63) is 35.1 Å². The van der Waals surface area contributed by atoms with E-state index in [4.69, 9.17) is 0 Å². The van der Waals surface area contributed by atoms with Crippen LogP contribution in [0.25, 0.3) is 0 Å². The fourth-order valence-electron chi connectivity index (χ4n) is 1.37. The quantitative estimate of drug-likeness (QED) is 0.431. The molecule has 0 amide bonds. The molecule has 0 saturated carbocycles. The summed E-state index contributed by atoms with van der Waals surface area (Å²) >= 11 is 2.93. The van der Waals surface area contributed by atoms with Gasteiger partial charge in [0.1, 0.15) is 24.1 Å². The number of rotatable bonds is 5. The van der Waals surface area contributed by atoms with Gasteiger partial charge in [0.2, 0.25) is 0 Å². The number of alkyl halides is 4. The molecule has 0 saturated heterocycles. The maximum Gasteiger partial charge on any atom is 0.411 e. The van der Waals surface area contributed by atoms with E-state index in [0.29, 0.717) is 12.1 Å². The Bertz CT molecular complexity index is 411. The Morgan fingerprint density at radius 1 is 1.11 bits per heavy atom. The molecule has 1 rings (SSSR count). The summed E-state index contributed by atoms with van der Waals surface area (Å²) in [6.07, 6.45) is -4.54.